The van der Waals surface area contributed by atoms with Gasteiger partial charge in [0.25, 0.3) is 0 Å². The predicted octanol–water partition coefficient (Wildman–Crippen LogP) is 0.984. The SMILES string of the molecule is CCC(C)NC(=O)C1(C(N)=S)CCOCC1. The van der Waals surface area contributed by atoms with E-state index < -0.39 is 5.41 Å². The molecule has 1 aliphatic heterocycles. The van der Waals surface area contributed by atoms with E-state index in [-0.39, 0.29) is 16.9 Å². The smallest absolute Gasteiger partial charge is 0.233 e. The van der Waals surface area contributed by atoms with Crippen LogP contribution in [0, 0.1) is 5.41 Å². The van der Waals surface area contributed by atoms with Gasteiger partial charge in [0.2, 0.25) is 5.91 Å². The number of ether oxygens (including phenoxy) is 1. The second kappa shape index (κ2) is 5.59. The Kier molecular flexibility index (Phi) is 4.68. The van der Waals surface area contributed by atoms with Gasteiger partial charge >= 0.3 is 0 Å². The first kappa shape index (κ1) is 13.4. The number of carbonyl (C=O) groups is 1. The molecule has 1 amide bonds. The highest BCUT2D eigenvalue weighted by Crippen LogP contribution is 2.31. The molecule has 4 nitrogen and oxygen atoms in total. The number of thiocarbonyl (C=S) groups is 1. The molecule has 5 heteroatoms. The Morgan fingerprint density at radius 3 is 2.56 bits per heavy atom. The van der Waals surface area contributed by atoms with Crippen molar-refractivity contribution in [3.05, 3.63) is 0 Å². The van der Waals surface area contributed by atoms with Crippen molar-refractivity contribution in [2.24, 2.45) is 11.1 Å². The summed E-state index contributed by atoms with van der Waals surface area (Å²) in [7, 11) is 0. The lowest BCUT2D eigenvalue weighted by atomic mass is 9.79. The highest BCUT2D eigenvalue weighted by atomic mass is 32.1. The van der Waals surface area contributed by atoms with Crippen LogP contribution in [-0.4, -0.2) is 30.2 Å². The largest absolute Gasteiger partial charge is 0.392 e. The summed E-state index contributed by atoms with van der Waals surface area (Å²) in [5.41, 5.74) is 5.04. The van der Waals surface area contributed by atoms with Crippen LogP contribution in [0.1, 0.15) is 33.1 Å². The zero-order valence-electron chi connectivity index (χ0n) is 9.91. The van der Waals surface area contributed by atoms with E-state index >= 15 is 0 Å². The van der Waals surface area contributed by atoms with Crippen molar-refractivity contribution in [3.63, 3.8) is 0 Å². The molecule has 0 radical (unpaired) electrons. The molecule has 3 N–H and O–H groups in total. The molecule has 0 saturated carbocycles. The Balaban J connectivity index is 2.76. The lowest BCUT2D eigenvalue weighted by molar-refractivity contribution is -0.132. The number of hydrogen-bond donors (Lipinski definition) is 2. The molecule has 0 aromatic heterocycles. The molecule has 1 heterocycles. The zero-order chi connectivity index (χ0) is 12.2. The summed E-state index contributed by atoms with van der Waals surface area (Å²) in [6.07, 6.45) is 2.07. The van der Waals surface area contributed by atoms with E-state index in [2.05, 4.69) is 5.32 Å². The Morgan fingerprint density at radius 1 is 1.56 bits per heavy atom. The summed E-state index contributed by atoms with van der Waals surface area (Å²) < 4.78 is 5.26. The fourth-order valence-corrected chi connectivity index (χ4v) is 2.07. The van der Waals surface area contributed by atoms with Gasteiger partial charge in [0.15, 0.2) is 0 Å². The van der Waals surface area contributed by atoms with E-state index in [1.807, 2.05) is 13.8 Å². The predicted molar refractivity (Wildman–Crippen MR) is 67.2 cm³/mol. The minimum atomic E-state index is -0.697. The highest BCUT2D eigenvalue weighted by Gasteiger charge is 2.43. The quantitative estimate of drug-likeness (QED) is 0.724. The average molecular weight is 244 g/mol. The summed E-state index contributed by atoms with van der Waals surface area (Å²) in [5, 5.41) is 2.96. The molecule has 92 valence electrons. The molecule has 1 rings (SSSR count). The molecule has 0 aromatic carbocycles. The number of nitrogens with two attached hydrogens (primary N) is 1. The van der Waals surface area contributed by atoms with Crippen molar-refractivity contribution in [1.29, 1.82) is 0 Å². The zero-order valence-corrected chi connectivity index (χ0v) is 10.7. The van der Waals surface area contributed by atoms with Gasteiger partial charge in [-0.05, 0) is 26.2 Å². The molecule has 1 aliphatic rings. The van der Waals surface area contributed by atoms with Crippen molar-refractivity contribution in [2.45, 2.75) is 39.2 Å². The first-order valence-electron chi connectivity index (χ1n) is 5.71. The Bertz CT molecular complexity index is 275. The van der Waals surface area contributed by atoms with Crippen LogP contribution in [0.3, 0.4) is 0 Å². The maximum Gasteiger partial charge on any atom is 0.233 e. The van der Waals surface area contributed by atoms with E-state index in [1.54, 1.807) is 0 Å². The number of rotatable bonds is 4. The molecule has 1 fully saturated rings. The van der Waals surface area contributed by atoms with Crippen LogP contribution >= 0.6 is 12.2 Å². The first-order valence-corrected chi connectivity index (χ1v) is 6.12. The average Bonchev–Trinajstić information content (AvgIpc) is 2.29. The molecular formula is C11H20N2O2S. The van der Waals surface area contributed by atoms with Gasteiger partial charge in [0, 0.05) is 19.3 Å². The van der Waals surface area contributed by atoms with E-state index in [0.717, 1.165) is 6.42 Å². The normalized spacial score (nSPS) is 21.1. The maximum absolute atomic E-state index is 12.2. The van der Waals surface area contributed by atoms with Crippen molar-refractivity contribution in [3.8, 4) is 0 Å². The standard InChI is InChI=1S/C11H20N2O2S/c1-3-8(2)13-10(14)11(9(12)16)4-6-15-7-5-11/h8H,3-7H2,1-2H3,(H2,12,16)(H,13,14). The van der Waals surface area contributed by atoms with Gasteiger partial charge in [-0.25, -0.2) is 0 Å². The molecule has 16 heavy (non-hydrogen) atoms. The van der Waals surface area contributed by atoms with Crippen molar-refractivity contribution in [2.75, 3.05) is 13.2 Å². The van der Waals surface area contributed by atoms with Gasteiger partial charge < -0.3 is 15.8 Å². The van der Waals surface area contributed by atoms with Crippen LogP contribution in [0.2, 0.25) is 0 Å². The third-order valence-electron chi connectivity index (χ3n) is 3.24. The Morgan fingerprint density at radius 2 is 2.12 bits per heavy atom. The van der Waals surface area contributed by atoms with Crippen LogP contribution < -0.4 is 11.1 Å². The first-order chi connectivity index (χ1) is 7.53. The van der Waals surface area contributed by atoms with E-state index in [9.17, 15) is 4.79 Å². The van der Waals surface area contributed by atoms with Gasteiger partial charge in [0.1, 0.15) is 5.41 Å². The topological polar surface area (TPSA) is 64.4 Å². The summed E-state index contributed by atoms with van der Waals surface area (Å²) in [5.74, 6) is -0.0438. The fourth-order valence-electron chi connectivity index (χ4n) is 1.77. The van der Waals surface area contributed by atoms with Crippen LogP contribution in [0.4, 0.5) is 0 Å². The molecule has 1 unspecified atom stereocenters. The van der Waals surface area contributed by atoms with Gasteiger partial charge in [0.05, 0.1) is 4.99 Å². The van der Waals surface area contributed by atoms with Crippen molar-refractivity contribution >= 4 is 23.1 Å². The van der Waals surface area contributed by atoms with Crippen LogP contribution in [-0.2, 0) is 9.53 Å². The number of hydrogen-bond acceptors (Lipinski definition) is 3. The fraction of sp³-hybridized carbons (Fsp3) is 0.818. The lowest BCUT2D eigenvalue weighted by Gasteiger charge is -2.35. The number of nitrogens with one attached hydrogen (secondary N) is 1. The van der Waals surface area contributed by atoms with Gasteiger partial charge in [-0.3, -0.25) is 4.79 Å². The Hall–Kier alpha value is -0.680. The third-order valence-corrected chi connectivity index (χ3v) is 3.63. The second-order valence-electron chi connectivity index (χ2n) is 4.34. The Labute approximate surface area is 102 Å². The summed E-state index contributed by atoms with van der Waals surface area (Å²) in [6.45, 7) is 5.10. The summed E-state index contributed by atoms with van der Waals surface area (Å²) >= 11 is 5.05. The van der Waals surface area contributed by atoms with E-state index in [4.69, 9.17) is 22.7 Å². The number of carbonyl (C=O) groups excluding carboxylic acids is 1. The number of amides is 1. The van der Waals surface area contributed by atoms with Crippen molar-refractivity contribution in [1.82, 2.24) is 5.32 Å². The molecule has 0 bridgehead atoms. The van der Waals surface area contributed by atoms with Crippen LogP contribution in [0.5, 0.6) is 0 Å². The van der Waals surface area contributed by atoms with E-state index in [1.165, 1.54) is 0 Å². The maximum atomic E-state index is 12.2. The van der Waals surface area contributed by atoms with Crippen LogP contribution in [0.25, 0.3) is 0 Å². The molecule has 1 saturated heterocycles. The third kappa shape index (κ3) is 2.71. The minimum absolute atomic E-state index is 0.0438. The molecule has 0 aromatic rings. The highest BCUT2D eigenvalue weighted by molar-refractivity contribution is 7.80. The minimum Gasteiger partial charge on any atom is -0.392 e. The lowest BCUT2D eigenvalue weighted by Crippen LogP contribution is -2.53. The summed E-state index contributed by atoms with van der Waals surface area (Å²) in [6, 6.07) is 0.154. The van der Waals surface area contributed by atoms with E-state index in [0.29, 0.717) is 26.1 Å². The molecular weight excluding hydrogens is 224 g/mol. The molecule has 1 atom stereocenters. The van der Waals surface area contributed by atoms with Gasteiger partial charge in [-0.15, -0.1) is 0 Å². The second-order valence-corrected chi connectivity index (χ2v) is 4.78. The van der Waals surface area contributed by atoms with Gasteiger partial charge in [-0.2, -0.15) is 0 Å². The van der Waals surface area contributed by atoms with Crippen molar-refractivity contribution < 1.29 is 9.53 Å². The summed E-state index contributed by atoms with van der Waals surface area (Å²) in [4.78, 5) is 12.5. The molecule has 0 aliphatic carbocycles. The molecule has 0 spiro atoms. The van der Waals surface area contributed by atoms with Gasteiger partial charge in [-0.1, -0.05) is 19.1 Å². The van der Waals surface area contributed by atoms with Crippen LogP contribution in [0.15, 0.2) is 0 Å². The monoisotopic (exact) mass is 244 g/mol.